The molecule has 2 aromatic carbocycles. The lowest BCUT2D eigenvalue weighted by molar-refractivity contribution is -0.118. The van der Waals surface area contributed by atoms with Gasteiger partial charge in [-0.25, -0.2) is 13.8 Å². The Morgan fingerprint density at radius 3 is 2.79 bits per heavy atom. The molecule has 11 nitrogen and oxygen atoms in total. The molecule has 3 heterocycles. The lowest BCUT2D eigenvalue weighted by Gasteiger charge is -2.33. The molecule has 3 aromatic rings. The topological polar surface area (TPSA) is 130 Å². The Morgan fingerprint density at radius 2 is 2.05 bits per heavy atom. The van der Waals surface area contributed by atoms with Crippen LogP contribution in [0.25, 0.3) is 0 Å². The van der Waals surface area contributed by atoms with E-state index in [4.69, 9.17) is 20.2 Å². The minimum atomic E-state index is -1.01. The van der Waals surface area contributed by atoms with E-state index in [2.05, 4.69) is 15.3 Å². The van der Waals surface area contributed by atoms with Crippen molar-refractivity contribution < 1.29 is 28.2 Å². The molecule has 0 spiro atoms. The second-order valence-electron chi connectivity index (χ2n) is 10.7. The third-order valence-corrected chi connectivity index (χ3v) is 7.74. The van der Waals surface area contributed by atoms with Crippen molar-refractivity contribution in [2.75, 3.05) is 56.8 Å². The normalized spacial score (nSPS) is 16.7. The molecule has 0 radical (unpaired) electrons. The number of primary amides is 1. The average molecular weight is 598 g/mol. The highest BCUT2D eigenvalue weighted by atomic mass is 19.2. The molecule has 4 N–H and O–H groups in total. The van der Waals surface area contributed by atoms with Gasteiger partial charge in [0.2, 0.25) is 5.91 Å². The predicted octanol–water partition coefficient (Wildman–Crippen LogP) is 3.49. The van der Waals surface area contributed by atoms with Crippen LogP contribution in [-0.2, 0) is 11.3 Å². The fourth-order valence-electron chi connectivity index (χ4n) is 5.50. The number of hydrogen-bond acceptors (Lipinski definition) is 8. The number of ether oxygens (including phenoxy) is 2. The fourth-order valence-corrected chi connectivity index (χ4v) is 5.50. The molecule has 0 bridgehead atoms. The van der Waals surface area contributed by atoms with Crippen LogP contribution in [0, 0.1) is 17.6 Å². The number of benzene rings is 2. The monoisotopic (exact) mass is 597 g/mol. The van der Waals surface area contributed by atoms with Crippen LogP contribution in [0.1, 0.15) is 31.2 Å². The number of fused-ring (bicyclic) bond motifs is 1. The van der Waals surface area contributed by atoms with E-state index in [0.717, 1.165) is 51.4 Å². The van der Waals surface area contributed by atoms with Crippen molar-refractivity contribution in [3.8, 4) is 11.5 Å². The standard InChI is InChI=1S/C30H37F2N7O4/c1-42-26-14-22-24(15-27(26)43-13-3-9-37-10-6-20(7-11-37)8-12-40)34-19-39(25-5-2-4-23(31)29(25)32)30(22)36-21-16-35-38(17-21)18-28(33)41/h2,4-5,14-17,20,34,40H,3,6-13,18-19H2,1H3,(H2,33,41). The van der Waals surface area contributed by atoms with Crippen LogP contribution >= 0.6 is 0 Å². The van der Waals surface area contributed by atoms with Gasteiger partial charge in [0.05, 0.1) is 44.2 Å². The number of amides is 1. The first-order chi connectivity index (χ1) is 20.9. The molecular weight excluding hydrogens is 560 g/mol. The van der Waals surface area contributed by atoms with Gasteiger partial charge < -0.3 is 35.4 Å². The molecule has 2 aliphatic rings. The van der Waals surface area contributed by atoms with Crippen LogP contribution in [0.4, 0.5) is 25.8 Å². The highest BCUT2D eigenvalue weighted by molar-refractivity contribution is 6.16. The van der Waals surface area contributed by atoms with E-state index >= 15 is 0 Å². The molecule has 1 saturated heterocycles. The van der Waals surface area contributed by atoms with Gasteiger partial charge in [-0.2, -0.15) is 5.10 Å². The van der Waals surface area contributed by atoms with E-state index in [-0.39, 0.29) is 25.5 Å². The Hall–Kier alpha value is -4.23. The van der Waals surface area contributed by atoms with Crippen molar-refractivity contribution in [2.24, 2.45) is 16.6 Å². The molecule has 1 fully saturated rings. The number of rotatable bonds is 12. The maximum absolute atomic E-state index is 15.0. The average Bonchev–Trinajstić information content (AvgIpc) is 3.43. The number of methoxy groups -OCH3 is 1. The van der Waals surface area contributed by atoms with E-state index in [1.54, 1.807) is 12.3 Å². The fraction of sp³-hybridized carbons (Fsp3) is 0.433. The van der Waals surface area contributed by atoms with Gasteiger partial charge in [0, 0.05) is 24.8 Å². The summed E-state index contributed by atoms with van der Waals surface area (Å²) in [5.41, 5.74) is 6.94. The van der Waals surface area contributed by atoms with Gasteiger partial charge in [-0.3, -0.25) is 9.48 Å². The van der Waals surface area contributed by atoms with Gasteiger partial charge in [0.1, 0.15) is 18.1 Å². The number of aliphatic hydroxyl groups excluding tert-OH is 1. The quantitative estimate of drug-likeness (QED) is 0.271. The van der Waals surface area contributed by atoms with E-state index in [1.807, 2.05) is 6.07 Å². The summed E-state index contributed by atoms with van der Waals surface area (Å²) < 4.78 is 42.4. The molecule has 2 aliphatic heterocycles. The number of aromatic nitrogens is 2. The lowest BCUT2D eigenvalue weighted by Crippen LogP contribution is -2.41. The van der Waals surface area contributed by atoms with Crippen molar-refractivity contribution >= 4 is 28.8 Å². The molecule has 0 atom stereocenters. The summed E-state index contributed by atoms with van der Waals surface area (Å²) in [7, 11) is 1.54. The number of likely N-dealkylation sites (tertiary alicyclic amines) is 1. The molecule has 0 aliphatic carbocycles. The smallest absolute Gasteiger partial charge is 0.239 e. The number of nitrogens with one attached hydrogen (secondary N) is 1. The number of halogens is 2. The molecule has 1 amide bonds. The molecular formula is C30H37F2N7O4. The maximum atomic E-state index is 15.0. The molecule has 230 valence electrons. The van der Waals surface area contributed by atoms with Gasteiger partial charge in [0.15, 0.2) is 23.1 Å². The Morgan fingerprint density at radius 1 is 1.23 bits per heavy atom. The molecule has 0 saturated carbocycles. The van der Waals surface area contributed by atoms with Crippen molar-refractivity contribution in [1.29, 1.82) is 0 Å². The second kappa shape index (κ2) is 13.8. The first-order valence-electron chi connectivity index (χ1n) is 14.4. The SMILES string of the molecule is COc1cc2c(cc1OCCCN1CCC(CCO)CC1)NCN(c1cccc(F)c1F)C2=Nc1cnn(CC(N)=O)c1. The zero-order valence-corrected chi connectivity index (χ0v) is 24.1. The van der Waals surface area contributed by atoms with Gasteiger partial charge >= 0.3 is 0 Å². The number of amidine groups is 1. The van der Waals surface area contributed by atoms with Crippen LogP contribution in [0.2, 0.25) is 0 Å². The first-order valence-corrected chi connectivity index (χ1v) is 14.4. The molecule has 13 heteroatoms. The Balaban J connectivity index is 1.37. The minimum absolute atomic E-state index is 0.00103. The number of piperidine rings is 1. The summed E-state index contributed by atoms with van der Waals surface area (Å²) in [5, 5.41) is 16.6. The first kappa shape index (κ1) is 30.2. The van der Waals surface area contributed by atoms with E-state index in [1.165, 1.54) is 35.0 Å². The zero-order valence-electron chi connectivity index (χ0n) is 24.1. The number of carbonyl (C=O) groups excluding carboxylic acids is 1. The van der Waals surface area contributed by atoms with E-state index in [0.29, 0.717) is 46.8 Å². The highest BCUT2D eigenvalue weighted by Crippen LogP contribution is 2.38. The van der Waals surface area contributed by atoms with Gasteiger partial charge in [-0.15, -0.1) is 0 Å². The zero-order chi connectivity index (χ0) is 30.3. The number of aliphatic hydroxyl groups is 1. The molecule has 43 heavy (non-hydrogen) atoms. The van der Waals surface area contributed by atoms with Crippen LogP contribution in [0.5, 0.6) is 11.5 Å². The Bertz CT molecular complexity index is 1460. The molecule has 5 rings (SSSR count). The Labute approximate surface area is 248 Å². The van der Waals surface area contributed by atoms with Crippen molar-refractivity contribution in [3.05, 3.63) is 59.9 Å². The lowest BCUT2D eigenvalue weighted by atomic mass is 9.94. The van der Waals surface area contributed by atoms with Gasteiger partial charge in [-0.1, -0.05) is 6.07 Å². The van der Waals surface area contributed by atoms with Crippen LogP contribution in [0.3, 0.4) is 0 Å². The second-order valence-corrected chi connectivity index (χ2v) is 10.7. The summed E-state index contributed by atoms with van der Waals surface area (Å²) >= 11 is 0. The molecule has 1 aromatic heterocycles. The third kappa shape index (κ3) is 7.23. The van der Waals surface area contributed by atoms with E-state index < -0.39 is 17.5 Å². The summed E-state index contributed by atoms with van der Waals surface area (Å²) in [6.07, 6.45) is 6.94. The number of aliphatic imine (C=N–C) groups is 1. The van der Waals surface area contributed by atoms with Crippen LogP contribution < -0.4 is 25.4 Å². The summed E-state index contributed by atoms with van der Waals surface area (Å²) in [6.45, 7) is 3.70. The van der Waals surface area contributed by atoms with Gasteiger partial charge in [-0.05, 0) is 62.9 Å². The van der Waals surface area contributed by atoms with Crippen molar-refractivity contribution in [1.82, 2.24) is 14.7 Å². The number of nitrogens with zero attached hydrogens (tertiary/aromatic N) is 5. The van der Waals surface area contributed by atoms with Crippen molar-refractivity contribution in [2.45, 2.75) is 32.2 Å². The summed E-state index contributed by atoms with van der Waals surface area (Å²) in [4.78, 5) is 20.0. The largest absolute Gasteiger partial charge is 0.493 e. The van der Waals surface area contributed by atoms with Crippen LogP contribution in [-0.4, -0.2) is 78.2 Å². The number of anilines is 2. The van der Waals surface area contributed by atoms with Crippen molar-refractivity contribution in [3.63, 3.8) is 0 Å². The predicted molar refractivity (Wildman–Crippen MR) is 159 cm³/mol. The minimum Gasteiger partial charge on any atom is -0.493 e. The van der Waals surface area contributed by atoms with Crippen LogP contribution in [0.15, 0.2) is 47.7 Å². The Kier molecular flexibility index (Phi) is 9.72. The number of carbonyl (C=O) groups is 1. The third-order valence-electron chi connectivity index (χ3n) is 7.74. The number of hydrogen-bond donors (Lipinski definition) is 3. The summed E-state index contributed by atoms with van der Waals surface area (Å²) in [6, 6.07) is 7.53. The van der Waals surface area contributed by atoms with Gasteiger partial charge in [0.25, 0.3) is 0 Å². The number of nitrogens with two attached hydrogens (primary N) is 1. The van der Waals surface area contributed by atoms with E-state index in [9.17, 15) is 18.7 Å². The highest BCUT2D eigenvalue weighted by Gasteiger charge is 2.29. The maximum Gasteiger partial charge on any atom is 0.239 e. The summed E-state index contributed by atoms with van der Waals surface area (Å²) in [5.74, 6) is -0.595. The molecule has 0 unspecified atom stereocenters.